The maximum atomic E-state index is 12.6. The van der Waals surface area contributed by atoms with Gasteiger partial charge in [0.25, 0.3) is 5.91 Å². The molecule has 4 N–H and O–H groups in total. The lowest BCUT2D eigenvalue weighted by Crippen LogP contribution is -2.28. The molecular weight excluding hydrogens is 560 g/mol. The summed E-state index contributed by atoms with van der Waals surface area (Å²) < 4.78 is 7.89. The molecule has 42 heavy (non-hydrogen) atoms. The number of ether oxygens (including phenoxy) is 1. The summed E-state index contributed by atoms with van der Waals surface area (Å²) in [5.74, 6) is 0.513. The minimum atomic E-state index is -0.588. The van der Waals surface area contributed by atoms with E-state index in [1.54, 1.807) is 12.1 Å². The number of benzene rings is 3. The van der Waals surface area contributed by atoms with Crippen molar-refractivity contribution >= 4 is 29.1 Å². The van der Waals surface area contributed by atoms with Gasteiger partial charge in [-0.25, -0.2) is 0 Å². The van der Waals surface area contributed by atoms with Gasteiger partial charge in [-0.1, -0.05) is 23.7 Å². The first-order valence-electron chi connectivity index (χ1n) is 13.3. The number of aromatic hydroxyl groups is 2. The van der Waals surface area contributed by atoms with E-state index in [1.807, 2.05) is 48.7 Å². The van der Waals surface area contributed by atoms with E-state index in [0.29, 0.717) is 34.7 Å². The second kappa shape index (κ2) is 12.3. The average molecular weight is 589 g/mol. The summed E-state index contributed by atoms with van der Waals surface area (Å²) in [5.41, 5.74) is 3.20. The van der Waals surface area contributed by atoms with E-state index in [1.165, 1.54) is 18.2 Å². The lowest BCUT2D eigenvalue weighted by Gasteiger charge is -2.15. The molecule has 11 nitrogen and oxygen atoms in total. The van der Waals surface area contributed by atoms with Crippen molar-refractivity contribution in [1.29, 1.82) is 0 Å². The number of carbonyl (C=O) groups excluding carboxylic acids is 2. The number of phenols is 2. The van der Waals surface area contributed by atoms with Crippen LogP contribution in [-0.4, -0.2) is 62.2 Å². The molecule has 2 heterocycles. The first-order valence-corrected chi connectivity index (χ1v) is 13.7. The van der Waals surface area contributed by atoms with E-state index in [2.05, 4.69) is 20.8 Å². The van der Waals surface area contributed by atoms with E-state index >= 15 is 0 Å². The van der Waals surface area contributed by atoms with E-state index in [4.69, 9.17) is 21.3 Å². The molecule has 1 aliphatic heterocycles. The number of aliphatic imine (C=N–C) groups is 1. The highest BCUT2D eigenvalue weighted by Gasteiger charge is 2.30. The van der Waals surface area contributed by atoms with Crippen LogP contribution in [0.2, 0.25) is 5.02 Å². The number of hydrogen-bond donors (Lipinski definition) is 4. The van der Waals surface area contributed by atoms with Crippen LogP contribution in [0.3, 0.4) is 0 Å². The minimum Gasteiger partial charge on any atom is -0.504 e. The molecule has 1 aromatic heterocycles. The normalized spacial score (nSPS) is 13.8. The Labute approximate surface area is 246 Å². The molecule has 1 unspecified atom stereocenters. The van der Waals surface area contributed by atoms with Crippen molar-refractivity contribution in [3.63, 3.8) is 0 Å². The van der Waals surface area contributed by atoms with Crippen molar-refractivity contribution in [3.05, 3.63) is 94.0 Å². The largest absolute Gasteiger partial charge is 0.504 e. The molecular formula is C30H29ClN6O5. The third-order valence-corrected chi connectivity index (χ3v) is 6.91. The van der Waals surface area contributed by atoms with Crippen molar-refractivity contribution in [3.8, 4) is 22.9 Å². The van der Waals surface area contributed by atoms with Gasteiger partial charge in [0, 0.05) is 28.3 Å². The monoisotopic (exact) mass is 588 g/mol. The number of amides is 2. The molecule has 3 aromatic carbocycles. The van der Waals surface area contributed by atoms with Crippen LogP contribution in [-0.2, 0) is 4.79 Å². The summed E-state index contributed by atoms with van der Waals surface area (Å²) in [6, 6.07) is 16.1. The van der Waals surface area contributed by atoms with Gasteiger partial charge >= 0.3 is 0 Å². The van der Waals surface area contributed by atoms with Crippen LogP contribution in [0.25, 0.3) is 5.69 Å². The standard InChI is InChI=1S/C30H29ClN6O5/c1-3-32-27(40)16-23-29-36-35-17(2)37(29)24-10-9-21(15-22(24)28(34-23)18-4-7-20(31)8-5-18)42-13-12-33-30(41)19-6-11-25(38)26(39)14-19/h4-11,14-15,23,38-39H,3,12-13,16H2,1-2H3,(H,32,40)(H,33,41). The second-order valence-corrected chi connectivity index (χ2v) is 10.0. The predicted molar refractivity (Wildman–Crippen MR) is 157 cm³/mol. The molecule has 5 rings (SSSR count). The van der Waals surface area contributed by atoms with Gasteiger partial charge in [-0.05, 0) is 62.4 Å². The van der Waals surface area contributed by atoms with E-state index in [9.17, 15) is 19.8 Å². The van der Waals surface area contributed by atoms with Crippen molar-refractivity contribution in [2.24, 2.45) is 4.99 Å². The maximum Gasteiger partial charge on any atom is 0.251 e. The smallest absolute Gasteiger partial charge is 0.251 e. The van der Waals surface area contributed by atoms with Gasteiger partial charge in [-0.3, -0.25) is 19.1 Å². The highest BCUT2D eigenvalue weighted by molar-refractivity contribution is 6.30. The van der Waals surface area contributed by atoms with Crippen molar-refractivity contribution in [2.45, 2.75) is 26.3 Å². The molecule has 12 heteroatoms. The number of nitrogens with zero attached hydrogens (tertiary/aromatic N) is 4. The zero-order valence-corrected chi connectivity index (χ0v) is 23.7. The second-order valence-electron chi connectivity index (χ2n) is 9.59. The van der Waals surface area contributed by atoms with Gasteiger partial charge in [0.15, 0.2) is 17.3 Å². The van der Waals surface area contributed by atoms with Crippen LogP contribution in [0, 0.1) is 6.92 Å². The molecule has 0 radical (unpaired) electrons. The van der Waals surface area contributed by atoms with Gasteiger partial charge in [0.1, 0.15) is 24.2 Å². The summed E-state index contributed by atoms with van der Waals surface area (Å²) >= 11 is 6.18. The molecule has 4 aromatic rings. The lowest BCUT2D eigenvalue weighted by molar-refractivity contribution is -0.121. The number of aryl methyl sites for hydroxylation is 1. The van der Waals surface area contributed by atoms with Crippen molar-refractivity contribution < 1.29 is 24.5 Å². The predicted octanol–water partition coefficient (Wildman–Crippen LogP) is 3.87. The van der Waals surface area contributed by atoms with Gasteiger partial charge < -0.3 is 25.6 Å². The number of carbonyl (C=O) groups is 2. The summed E-state index contributed by atoms with van der Waals surface area (Å²) in [6.07, 6.45) is 0.0961. The van der Waals surface area contributed by atoms with Crippen LogP contribution in [0.5, 0.6) is 17.2 Å². The Hall–Kier alpha value is -4.90. The molecule has 216 valence electrons. The number of hydrogen-bond acceptors (Lipinski definition) is 8. The van der Waals surface area contributed by atoms with Crippen LogP contribution in [0.4, 0.5) is 0 Å². The number of rotatable bonds is 9. The van der Waals surface area contributed by atoms with Gasteiger partial charge in [0.05, 0.1) is 24.4 Å². The molecule has 0 fully saturated rings. The van der Waals surface area contributed by atoms with Crippen LogP contribution < -0.4 is 15.4 Å². The third kappa shape index (κ3) is 6.06. The molecule has 0 bridgehead atoms. The topological polar surface area (TPSA) is 151 Å². The number of fused-ring (bicyclic) bond motifs is 3. The fourth-order valence-corrected chi connectivity index (χ4v) is 4.81. The number of phenolic OH excluding ortho intramolecular Hbond substituents is 2. The van der Waals surface area contributed by atoms with Gasteiger partial charge in [-0.15, -0.1) is 10.2 Å². The van der Waals surface area contributed by atoms with E-state index < -0.39 is 11.9 Å². The van der Waals surface area contributed by atoms with Gasteiger partial charge in [0.2, 0.25) is 5.91 Å². The molecule has 0 saturated heterocycles. The molecule has 1 aliphatic rings. The Morgan fingerprint density at radius 2 is 1.79 bits per heavy atom. The van der Waals surface area contributed by atoms with Crippen molar-refractivity contribution in [2.75, 3.05) is 19.7 Å². The SMILES string of the molecule is CCNC(=O)CC1N=C(c2ccc(Cl)cc2)c2cc(OCCNC(=O)c3ccc(O)c(O)c3)ccc2-n2c(C)nnc21. The first-order chi connectivity index (χ1) is 20.2. The Kier molecular flexibility index (Phi) is 8.39. The number of nitrogens with one attached hydrogen (secondary N) is 2. The zero-order chi connectivity index (χ0) is 29.8. The highest BCUT2D eigenvalue weighted by atomic mass is 35.5. The zero-order valence-electron chi connectivity index (χ0n) is 23.0. The molecule has 0 aliphatic carbocycles. The van der Waals surface area contributed by atoms with Crippen LogP contribution in [0.1, 0.15) is 52.5 Å². The number of aromatic nitrogens is 3. The average Bonchev–Trinajstić information content (AvgIpc) is 3.30. The summed E-state index contributed by atoms with van der Waals surface area (Å²) in [4.78, 5) is 30.1. The van der Waals surface area contributed by atoms with Crippen LogP contribution >= 0.6 is 11.6 Å². The summed E-state index contributed by atoms with van der Waals surface area (Å²) in [7, 11) is 0. The summed E-state index contributed by atoms with van der Waals surface area (Å²) in [5, 5.41) is 33.9. The van der Waals surface area contributed by atoms with Crippen LogP contribution in [0.15, 0.2) is 65.7 Å². The Morgan fingerprint density at radius 1 is 1.00 bits per heavy atom. The van der Waals surface area contributed by atoms with E-state index in [-0.39, 0.29) is 42.5 Å². The fraction of sp³-hybridized carbons (Fsp3) is 0.233. The van der Waals surface area contributed by atoms with Crippen molar-refractivity contribution in [1.82, 2.24) is 25.4 Å². The Morgan fingerprint density at radius 3 is 2.52 bits per heavy atom. The molecule has 2 amide bonds. The Balaban J connectivity index is 1.44. The third-order valence-electron chi connectivity index (χ3n) is 6.66. The van der Waals surface area contributed by atoms with Gasteiger partial charge in [-0.2, -0.15) is 0 Å². The highest BCUT2D eigenvalue weighted by Crippen LogP contribution is 2.34. The minimum absolute atomic E-state index is 0.0961. The first kappa shape index (κ1) is 28.6. The molecule has 0 saturated carbocycles. The lowest BCUT2D eigenvalue weighted by atomic mass is 10.00. The fourth-order valence-electron chi connectivity index (χ4n) is 4.68. The summed E-state index contributed by atoms with van der Waals surface area (Å²) in [6.45, 7) is 4.57. The maximum absolute atomic E-state index is 12.6. The number of halogens is 1. The Bertz CT molecular complexity index is 1670. The molecule has 1 atom stereocenters. The quantitative estimate of drug-likeness (QED) is 0.171. The molecule has 0 spiro atoms. The van der Waals surface area contributed by atoms with E-state index in [0.717, 1.165) is 16.8 Å².